The van der Waals surface area contributed by atoms with Gasteiger partial charge in [-0.3, -0.25) is 9.67 Å². The highest BCUT2D eigenvalue weighted by Gasteiger charge is 2.10. The maximum absolute atomic E-state index is 13.7. The minimum Gasteiger partial charge on any atom is -0.380 e. The van der Waals surface area contributed by atoms with Crippen LogP contribution in [0.4, 0.5) is 4.39 Å². The maximum Gasteiger partial charge on any atom is 0.191 e. The molecule has 0 saturated carbocycles. The molecule has 1 aromatic heterocycles. The quantitative estimate of drug-likeness (QED) is 0.383. The topological polar surface area (TPSA) is 63.5 Å². The van der Waals surface area contributed by atoms with Crippen LogP contribution < -0.4 is 10.6 Å². The van der Waals surface area contributed by atoms with Crippen molar-refractivity contribution in [3.05, 3.63) is 52.1 Å². The summed E-state index contributed by atoms with van der Waals surface area (Å²) in [7, 11) is 5.21. The molecule has 0 atom stereocenters. The van der Waals surface area contributed by atoms with Gasteiger partial charge in [0.1, 0.15) is 5.82 Å². The molecular weight excluding hydrogens is 448 g/mol. The zero-order valence-corrected chi connectivity index (χ0v) is 18.2. The highest BCUT2D eigenvalue weighted by Crippen LogP contribution is 2.12. The first-order valence-electron chi connectivity index (χ1n) is 8.16. The summed E-state index contributed by atoms with van der Waals surface area (Å²) in [4.78, 5) is 4.23. The van der Waals surface area contributed by atoms with Crippen molar-refractivity contribution in [2.45, 2.75) is 33.5 Å². The molecule has 2 rings (SSSR count). The maximum atomic E-state index is 13.7. The van der Waals surface area contributed by atoms with Gasteiger partial charge in [-0.25, -0.2) is 4.39 Å². The molecule has 1 heterocycles. The number of hydrogen-bond acceptors (Lipinski definition) is 3. The van der Waals surface area contributed by atoms with Crippen molar-refractivity contribution in [1.29, 1.82) is 0 Å². The van der Waals surface area contributed by atoms with Crippen molar-refractivity contribution in [3.63, 3.8) is 0 Å². The number of nitrogens with one attached hydrogen (secondary N) is 2. The molecule has 0 aliphatic rings. The van der Waals surface area contributed by atoms with Crippen molar-refractivity contribution >= 4 is 29.9 Å². The van der Waals surface area contributed by atoms with E-state index in [0.717, 1.165) is 22.5 Å². The van der Waals surface area contributed by atoms with Crippen LogP contribution >= 0.6 is 24.0 Å². The second kappa shape index (κ2) is 10.5. The molecule has 0 spiro atoms. The second-order valence-corrected chi connectivity index (χ2v) is 5.91. The number of hydrogen-bond donors (Lipinski definition) is 2. The fourth-order valence-corrected chi connectivity index (χ4v) is 2.66. The fourth-order valence-electron chi connectivity index (χ4n) is 2.66. The van der Waals surface area contributed by atoms with E-state index in [9.17, 15) is 4.39 Å². The number of aliphatic imine (C=N–C) groups is 1. The van der Waals surface area contributed by atoms with E-state index in [4.69, 9.17) is 4.74 Å². The smallest absolute Gasteiger partial charge is 0.191 e. The normalized spacial score (nSPS) is 11.2. The van der Waals surface area contributed by atoms with Crippen molar-refractivity contribution in [3.8, 4) is 0 Å². The number of ether oxygens (including phenoxy) is 1. The largest absolute Gasteiger partial charge is 0.380 e. The Labute approximate surface area is 171 Å². The molecule has 26 heavy (non-hydrogen) atoms. The van der Waals surface area contributed by atoms with E-state index in [0.29, 0.717) is 24.6 Å². The highest BCUT2D eigenvalue weighted by atomic mass is 127. The van der Waals surface area contributed by atoms with Gasteiger partial charge in [-0.05, 0) is 31.5 Å². The molecule has 8 heteroatoms. The summed E-state index contributed by atoms with van der Waals surface area (Å²) in [5.41, 5.74) is 4.81. The fraction of sp³-hybridized carbons (Fsp3) is 0.444. The van der Waals surface area contributed by atoms with Crippen LogP contribution in [0.5, 0.6) is 0 Å². The SMILES string of the molecule is CN=C(NCc1ccc(F)c(COC)c1)NCc1c(C)nn(C)c1C.I. The van der Waals surface area contributed by atoms with Gasteiger partial charge in [-0.1, -0.05) is 6.07 Å². The van der Waals surface area contributed by atoms with Gasteiger partial charge in [0.2, 0.25) is 0 Å². The van der Waals surface area contributed by atoms with Gasteiger partial charge in [-0.2, -0.15) is 5.10 Å². The lowest BCUT2D eigenvalue weighted by molar-refractivity contribution is 0.181. The standard InChI is InChI=1S/C18H26FN5O.HI/c1-12-16(13(2)24(4)23-12)10-22-18(20-3)21-9-14-6-7-17(19)15(8-14)11-25-5;/h6-8H,9-11H2,1-5H3,(H2,20,21,22);1H. The van der Waals surface area contributed by atoms with Crippen LogP contribution in [0.2, 0.25) is 0 Å². The molecule has 0 fully saturated rings. The minimum atomic E-state index is -0.254. The van der Waals surface area contributed by atoms with Crippen LogP contribution in [0.3, 0.4) is 0 Å². The van der Waals surface area contributed by atoms with Gasteiger partial charge in [-0.15, -0.1) is 24.0 Å². The van der Waals surface area contributed by atoms with E-state index >= 15 is 0 Å². The van der Waals surface area contributed by atoms with Crippen molar-refractivity contribution in [2.75, 3.05) is 14.2 Å². The van der Waals surface area contributed by atoms with Gasteiger partial charge >= 0.3 is 0 Å². The molecule has 0 aliphatic carbocycles. The molecule has 0 radical (unpaired) electrons. The summed E-state index contributed by atoms with van der Waals surface area (Å²) < 4.78 is 20.6. The van der Waals surface area contributed by atoms with Gasteiger partial charge in [0, 0.05) is 51.1 Å². The van der Waals surface area contributed by atoms with Crippen LogP contribution in [0.15, 0.2) is 23.2 Å². The molecule has 2 aromatic rings. The summed E-state index contributed by atoms with van der Waals surface area (Å²) >= 11 is 0. The predicted octanol–water partition coefficient (Wildman–Crippen LogP) is 2.81. The van der Waals surface area contributed by atoms with Crippen LogP contribution in [0.25, 0.3) is 0 Å². The second-order valence-electron chi connectivity index (χ2n) is 5.91. The molecule has 144 valence electrons. The summed E-state index contributed by atoms with van der Waals surface area (Å²) in [5.74, 6) is 0.427. The molecule has 6 nitrogen and oxygen atoms in total. The third kappa shape index (κ3) is 5.66. The zero-order valence-electron chi connectivity index (χ0n) is 15.9. The number of benzene rings is 1. The molecule has 2 N–H and O–H groups in total. The predicted molar refractivity (Wildman–Crippen MR) is 112 cm³/mol. The first-order chi connectivity index (χ1) is 12.0. The number of nitrogens with zero attached hydrogens (tertiary/aromatic N) is 3. The Hall–Kier alpha value is -1.68. The minimum absolute atomic E-state index is 0. The number of aryl methyl sites for hydroxylation is 2. The monoisotopic (exact) mass is 475 g/mol. The Morgan fingerprint density at radius 3 is 2.54 bits per heavy atom. The average molecular weight is 475 g/mol. The molecule has 1 aromatic carbocycles. The Morgan fingerprint density at radius 2 is 1.96 bits per heavy atom. The molecular formula is C18H27FIN5O. The summed E-state index contributed by atoms with van der Waals surface area (Å²) in [5, 5.41) is 10.9. The van der Waals surface area contributed by atoms with E-state index < -0.39 is 0 Å². The molecule has 0 aliphatic heterocycles. The van der Waals surface area contributed by atoms with Crippen LogP contribution in [0.1, 0.15) is 28.1 Å². The van der Waals surface area contributed by atoms with Crippen LogP contribution in [0, 0.1) is 19.7 Å². The Bertz CT molecular complexity index is 760. The van der Waals surface area contributed by atoms with Crippen LogP contribution in [-0.2, 0) is 31.5 Å². The molecule has 0 bridgehead atoms. The van der Waals surface area contributed by atoms with Gasteiger partial charge in [0.15, 0.2) is 5.96 Å². The van der Waals surface area contributed by atoms with Gasteiger partial charge in [0.25, 0.3) is 0 Å². The van der Waals surface area contributed by atoms with E-state index in [1.807, 2.05) is 25.6 Å². The zero-order chi connectivity index (χ0) is 18.4. The Balaban J connectivity index is 0.00000338. The third-order valence-corrected chi connectivity index (χ3v) is 4.19. The number of halogens is 2. The Kier molecular flexibility index (Phi) is 9.00. The van der Waals surface area contributed by atoms with E-state index in [-0.39, 0.29) is 36.4 Å². The van der Waals surface area contributed by atoms with Gasteiger partial charge < -0.3 is 15.4 Å². The number of methoxy groups -OCH3 is 1. The lowest BCUT2D eigenvalue weighted by Crippen LogP contribution is -2.36. The molecule has 0 saturated heterocycles. The third-order valence-electron chi connectivity index (χ3n) is 4.19. The highest BCUT2D eigenvalue weighted by molar-refractivity contribution is 14.0. The van der Waals surface area contributed by atoms with Crippen LogP contribution in [-0.4, -0.2) is 29.9 Å². The van der Waals surface area contributed by atoms with E-state index in [2.05, 4.69) is 20.7 Å². The Morgan fingerprint density at radius 1 is 1.27 bits per heavy atom. The lowest BCUT2D eigenvalue weighted by atomic mass is 10.1. The van der Waals surface area contributed by atoms with Crippen molar-refractivity contribution < 1.29 is 9.13 Å². The van der Waals surface area contributed by atoms with Gasteiger partial charge in [0.05, 0.1) is 12.3 Å². The van der Waals surface area contributed by atoms with Crippen molar-refractivity contribution in [1.82, 2.24) is 20.4 Å². The van der Waals surface area contributed by atoms with Crippen molar-refractivity contribution in [2.24, 2.45) is 12.0 Å². The number of rotatable bonds is 6. The molecule has 0 unspecified atom stereocenters. The first kappa shape index (κ1) is 22.4. The average Bonchev–Trinajstić information content (AvgIpc) is 2.83. The summed E-state index contributed by atoms with van der Waals surface area (Å²) in [6.45, 7) is 5.48. The van der Waals surface area contributed by atoms with E-state index in [1.54, 1.807) is 26.3 Å². The first-order valence-corrected chi connectivity index (χ1v) is 8.16. The number of aromatic nitrogens is 2. The number of guanidine groups is 1. The van der Waals surface area contributed by atoms with E-state index in [1.165, 1.54) is 6.07 Å². The summed E-state index contributed by atoms with van der Waals surface area (Å²) in [6, 6.07) is 5.02. The summed E-state index contributed by atoms with van der Waals surface area (Å²) in [6.07, 6.45) is 0. The lowest BCUT2D eigenvalue weighted by Gasteiger charge is -2.13. The molecule has 0 amide bonds.